The van der Waals surface area contributed by atoms with Gasteiger partial charge < -0.3 is 14.8 Å². The second kappa shape index (κ2) is 5.65. The molecule has 0 unspecified atom stereocenters. The van der Waals surface area contributed by atoms with Crippen molar-refractivity contribution in [2.75, 3.05) is 6.61 Å². The first-order valence-electron chi connectivity index (χ1n) is 6.97. The largest absolute Gasteiger partial charge is 0.490 e. The Morgan fingerprint density at radius 2 is 2.05 bits per heavy atom. The first-order chi connectivity index (χ1) is 9.84. The molecule has 1 N–H and O–H groups in total. The molecule has 0 aliphatic heterocycles. The predicted molar refractivity (Wildman–Crippen MR) is 78.0 cm³/mol. The van der Waals surface area contributed by atoms with Crippen LogP contribution in [-0.4, -0.2) is 23.8 Å². The molecule has 5 nitrogen and oxygen atoms in total. The zero-order chi connectivity index (χ0) is 15.5. The Labute approximate surface area is 124 Å². The zero-order valence-electron chi connectivity index (χ0n) is 12.6. The van der Waals surface area contributed by atoms with Crippen LogP contribution in [0.25, 0.3) is 0 Å². The highest BCUT2D eigenvalue weighted by molar-refractivity contribution is 5.69. The van der Waals surface area contributed by atoms with Crippen LogP contribution in [0.5, 0.6) is 5.75 Å². The molecule has 0 radical (unpaired) electrons. The fraction of sp³-hybridized carbons (Fsp3) is 0.500. The van der Waals surface area contributed by atoms with Crippen molar-refractivity contribution >= 4 is 6.09 Å². The van der Waals surface area contributed by atoms with E-state index in [-0.39, 0.29) is 5.54 Å². The topological polar surface area (TPSA) is 71.3 Å². The van der Waals surface area contributed by atoms with Crippen LogP contribution in [-0.2, 0) is 4.74 Å². The predicted octanol–water partition coefficient (Wildman–Crippen LogP) is 2.99. The molecule has 1 fully saturated rings. The van der Waals surface area contributed by atoms with E-state index >= 15 is 0 Å². The molecule has 0 spiro atoms. The van der Waals surface area contributed by atoms with Crippen molar-refractivity contribution in [2.45, 2.75) is 44.8 Å². The molecule has 0 heterocycles. The molecule has 1 aromatic rings. The van der Waals surface area contributed by atoms with Gasteiger partial charge in [0.05, 0.1) is 11.1 Å². The molecule has 0 bridgehead atoms. The summed E-state index contributed by atoms with van der Waals surface area (Å²) in [6.07, 6.45) is 1.26. The number of carbonyl (C=O) groups is 1. The summed E-state index contributed by atoms with van der Waals surface area (Å²) in [6.45, 7) is 5.81. The third-order valence-electron chi connectivity index (χ3n) is 3.13. The summed E-state index contributed by atoms with van der Waals surface area (Å²) in [5, 5.41) is 11.9. The van der Waals surface area contributed by atoms with Crippen molar-refractivity contribution in [1.82, 2.24) is 5.32 Å². The average Bonchev–Trinajstić information content (AvgIpc) is 3.14. The van der Waals surface area contributed by atoms with Crippen molar-refractivity contribution in [3.8, 4) is 11.8 Å². The Bertz CT molecular complexity index is 566. The number of ether oxygens (including phenoxy) is 2. The lowest BCUT2D eigenvalue weighted by atomic mass is 10.2. The van der Waals surface area contributed by atoms with Crippen LogP contribution in [0.2, 0.25) is 0 Å². The van der Waals surface area contributed by atoms with Gasteiger partial charge in [-0.3, -0.25) is 0 Å². The number of rotatable bonds is 4. The fourth-order valence-corrected chi connectivity index (χ4v) is 1.88. The summed E-state index contributed by atoms with van der Waals surface area (Å²) in [5.74, 6) is 0.539. The van der Waals surface area contributed by atoms with Gasteiger partial charge >= 0.3 is 6.09 Å². The normalized spacial score (nSPS) is 15.7. The third kappa shape index (κ3) is 4.38. The minimum atomic E-state index is -0.519. The van der Waals surface area contributed by atoms with Gasteiger partial charge in [0, 0.05) is 0 Å². The van der Waals surface area contributed by atoms with Crippen LogP contribution >= 0.6 is 0 Å². The summed E-state index contributed by atoms with van der Waals surface area (Å²) >= 11 is 0. The number of amides is 1. The number of carbonyl (C=O) groups excluding carboxylic acids is 1. The lowest BCUT2D eigenvalue weighted by molar-refractivity contribution is 0.0477. The number of para-hydroxylation sites is 1. The number of hydrogen-bond acceptors (Lipinski definition) is 4. The van der Waals surface area contributed by atoms with Crippen LogP contribution in [0.15, 0.2) is 24.3 Å². The molecule has 1 amide bonds. The molecule has 0 atom stereocenters. The van der Waals surface area contributed by atoms with E-state index in [0.29, 0.717) is 17.9 Å². The number of nitrogens with zero attached hydrogens (tertiary/aromatic N) is 1. The maximum absolute atomic E-state index is 11.8. The van der Waals surface area contributed by atoms with E-state index in [1.165, 1.54) is 0 Å². The lowest BCUT2D eigenvalue weighted by Crippen LogP contribution is -2.44. The minimum absolute atomic E-state index is 0.338. The molecule has 1 aliphatic carbocycles. The SMILES string of the molecule is CC(C)(C)OC(=O)NC1(COc2ccccc2C#N)CC1. The van der Waals surface area contributed by atoms with Gasteiger partial charge in [-0.1, -0.05) is 12.1 Å². The highest BCUT2D eigenvalue weighted by atomic mass is 16.6. The molecule has 2 rings (SSSR count). The molecule has 5 heteroatoms. The van der Waals surface area contributed by atoms with Crippen molar-refractivity contribution in [3.63, 3.8) is 0 Å². The zero-order valence-corrected chi connectivity index (χ0v) is 12.6. The van der Waals surface area contributed by atoms with E-state index in [1.54, 1.807) is 18.2 Å². The maximum atomic E-state index is 11.8. The third-order valence-corrected chi connectivity index (χ3v) is 3.13. The van der Waals surface area contributed by atoms with E-state index in [1.807, 2.05) is 26.8 Å². The first-order valence-corrected chi connectivity index (χ1v) is 6.97. The smallest absolute Gasteiger partial charge is 0.408 e. The molecular weight excluding hydrogens is 268 g/mol. The second-order valence-corrected chi connectivity index (χ2v) is 6.30. The minimum Gasteiger partial charge on any atom is -0.490 e. The highest BCUT2D eigenvalue weighted by Gasteiger charge is 2.46. The summed E-state index contributed by atoms with van der Waals surface area (Å²) in [4.78, 5) is 11.8. The van der Waals surface area contributed by atoms with Crippen molar-refractivity contribution in [1.29, 1.82) is 5.26 Å². The van der Waals surface area contributed by atoms with Crippen LogP contribution < -0.4 is 10.1 Å². The van der Waals surface area contributed by atoms with E-state index < -0.39 is 11.7 Å². The Morgan fingerprint density at radius 3 is 2.62 bits per heavy atom. The molecule has 1 aromatic carbocycles. The fourth-order valence-electron chi connectivity index (χ4n) is 1.88. The molecule has 112 valence electrons. The monoisotopic (exact) mass is 288 g/mol. The van der Waals surface area contributed by atoms with Gasteiger partial charge in [0.1, 0.15) is 24.0 Å². The van der Waals surface area contributed by atoms with Crippen molar-refractivity contribution in [3.05, 3.63) is 29.8 Å². The lowest BCUT2D eigenvalue weighted by Gasteiger charge is -2.23. The van der Waals surface area contributed by atoms with E-state index in [9.17, 15) is 4.79 Å². The highest BCUT2D eigenvalue weighted by Crippen LogP contribution is 2.36. The van der Waals surface area contributed by atoms with Crippen LogP contribution in [0.3, 0.4) is 0 Å². The van der Waals surface area contributed by atoms with Gasteiger partial charge in [-0.15, -0.1) is 0 Å². The number of hydrogen-bond donors (Lipinski definition) is 1. The molecule has 21 heavy (non-hydrogen) atoms. The quantitative estimate of drug-likeness (QED) is 0.924. The van der Waals surface area contributed by atoms with Crippen LogP contribution in [0.4, 0.5) is 4.79 Å². The van der Waals surface area contributed by atoms with Gasteiger partial charge in [-0.25, -0.2) is 4.79 Å². The van der Waals surface area contributed by atoms with E-state index in [4.69, 9.17) is 14.7 Å². The Hall–Kier alpha value is -2.22. The Kier molecular flexibility index (Phi) is 4.08. The number of benzene rings is 1. The number of alkyl carbamates (subject to hydrolysis) is 1. The number of nitriles is 1. The molecule has 1 saturated carbocycles. The van der Waals surface area contributed by atoms with Gasteiger partial charge in [0.25, 0.3) is 0 Å². The van der Waals surface area contributed by atoms with Gasteiger partial charge in [0.2, 0.25) is 0 Å². The summed E-state index contributed by atoms with van der Waals surface area (Å²) in [5.41, 5.74) is -0.398. The van der Waals surface area contributed by atoms with E-state index in [0.717, 1.165) is 12.8 Å². The molecule has 1 aliphatic rings. The summed E-state index contributed by atoms with van der Waals surface area (Å²) in [7, 11) is 0. The Balaban J connectivity index is 1.91. The van der Waals surface area contributed by atoms with Crippen LogP contribution in [0, 0.1) is 11.3 Å². The molecule has 0 aromatic heterocycles. The average molecular weight is 288 g/mol. The summed E-state index contributed by atoms with van der Waals surface area (Å²) in [6, 6.07) is 9.15. The number of nitrogens with one attached hydrogen (secondary N) is 1. The summed E-state index contributed by atoms with van der Waals surface area (Å²) < 4.78 is 10.9. The maximum Gasteiger partial charge on any atom is 0.408 e. The second-order valence-electron chi connectivity index (χ2n) is 6.30. The molecule has 0 saturated heterocycles. The standard InChI is InChI=1S/C16H20N2O3/c1-15(2,3)21-14(19)18-16(8-9-16)11-20-13-7-5-4-6-12(13)10-17/h4-7H,8-9,11H2,1-3H3,(H,18,19). The van der Waals surface area contributed by atoms with Gasteiger partial charge in [-0.2, -0.15) is 5.26 Å². The molecular formula is C16H20N2O3. The van der Waals surface area contributed by atoms with Gasteiger partial charge in [-0.05, 0) is 45.7 Å². The van der Waals surface area contributed by atoms with Crippen molar-refractivity contribution in [2.24, 2.45) is 0 Å². The van der Waals surface area contributed by atoms with Crippen LogP contribution in [0.1, 0.15) is 39.2 Å². The van der Waals surface area contributed by atoms with Gasteiger partial charge in [0.15, 0.2) is 0 Å². The van der Waals surface area contributed by atoms with Crippen molar-refractivity contribution < 1.29 is 14.3 Å². The van der Waals surface area contributed by atoms with E-state index in [2.05, 4.69) is 11.4 Å². The first kappa shape index (κ1) is 15.2. The Morgan fingerprint density at radius 1 is 1.38 bits per heavy atom.